The summed E-state index contributed by atoms with van der Waals surface area (Å²) in [4.78, 5) is 22.0. The molecule has 1 amide bonds. The fourth-order valence-corrected chi connectivity index (χ4v) is 1.98. The van der Waals surface area contributed by atoms with Crippen LogP contribution < -0.4 is 11.1 Å². The zero-order valence-electron chi connectivity index (χ0n) is 8.14. The van der Waals surface area contributed by atoms with Gasteiger partial charge in [0.1, 0.15) is 5.25 Å². The van der Waals surface area contributed by atoms with Crippen LogP contribution in [0.25, 0.3) is 0 Å². The lowest BCUT2D eigenvalue weighted by Crippen LogP contribution is -2.45. The molecule has 4 N–H and O–H groups in total. The maximum Gasteiger partial charge on any atom is 0.319 e. The minimum Gasteiger partial charge on any atom is -0.480 e. The molecule has 0 aromatic carbocycles. The highest BCUT2D eigenvalue weighted by molar-refractivity contribution is 8.00. The molecule has 2 unspecified atom stereocenters. The highest BCUT2D eigenvalue weighted by Crippen LogP contribution is 2.13. The van der Waals surface area contributed by atoms with Gasteiger partial charge in [0.05, 0.1) is 19.3 Å². The summed E-state index contributed by atoms with van der Waals surface area (Å²) in [6.45, 7) is 0.814. The van der Waals surface area contributed by atoms with Gasteiger partial charge in [0.15, 0.2) is 0 Å². The number of aliphatic carboxylic acids is 1. The topological polar surface area (TPSA) is 102 Å². The molecule has 1 rings (SSSR count). The quantitative estimate of drug-likeness (QED) is 0.518. The fraction of sp³-hybridized carbons (Fsp3) is 0.750. The number of hydrogen-bond donors (Lipinski definition) is 3. The van der Waals surface area contributed by atoms with Crippen LogP contribution >= 0.6 is 11.8 Å². The Morgan fingerprint density at radius 3 is 3.07 bits per heavy atom. The summed E-state index contributed by atoms with van der Waals surface area (Å²) in [7, 11) is 0. The van der Waals surface area contributed by atoms with E-state index in [1.54, 1.807) is 0 Å². The van der Waals surface area contributed by atoms with Crippen molar-refractivity contribution in [1.29, 1.82) is 0 Å². The van der Waals surface area contributed by atoms with Crippen molar-refractivity contribution in [3.05, 3.63) is 0 Å². The Kier molecular flexibility index (Phi) is 4.86. The Labute approximate surface area is 91.5 Å². The fourth-order valence-electron chi connectivity index (χ4n) is 1.05. The van der Waals surface area contributed by atoms with Crippen molar-refractivity contribution in [3.63, 3.8) is 0 Å². The first-order valence-electron chi connectivity index (χ1n) is 4.56. The van der Waals surface area contributed by atoms with Gasteiger partial charge >= 0.3 is 5.97 Å². The highest BCUT2D eigenvalue weighted by atomic mass is 32.2. The molecule has 7 heteroatoms. The molecule has 86 valence electrons. The monoisotopic (exact) mass is 234 g/mol. The Morgan fingerprint density at radius 2 is 2.40 bits per heavy atom. The van der Waals surface area contributed by atoms with Crippen LogP contribution in [0.5, 0.6) is 0 Å². The van der Waals surface area contributed by atoms with Crippen LogP contribution in [0.3, 0.4) is 0 Å². The highest BCUT2D eigenvalue weighted by Gasteiger charge is 2.23. The van der Waals surface area contributed by atoms with Crippen molar-refractivity contribution in [2.24, 2.45) is 5.73 Å². The van der Waals surface area contributed by atoms with E-state index >= 15 is 0 Å². The van der Waals surface area contributed by atoms with Crippen molar-refractivity contribution in [3.8, 4) is 0 Å². The molecule has 1 saturated heterocycles. The Hall–Kier alpha value is -0.790. The number of carbonyl (C=O) groups excluding carboxylic acids is 1. The Bertz CT molecular complexity index is 249. The number of thioether (sulfide) groups is 1. The third-order valence-electron chi connectivity index (χ3n) is 1.90. The molecule has 0 aliphatic carbocycles. The van der Waals surface area contributed by atoms with E-state index in [1.165, 1.54) is 0 Å². The van der Waals surface area contributed by atoms with Gasteiger partial charge in [-0.05, 0) is 0 Å². The largest absolute Gasteiger partial charge is 0.480 e. The number of carbonyl (C=O) groups is 2. The van der Waals surface area contributed by atoms with Gasteiger partial charge in [-0.1, -0.05) is 0 Å². The first-order chi connectivity index (χ1) is 7.11. The van der Waals surface area contributed by atoms with E-state index in [2.05, 4.69) is 5.32 Å². The minimum absolute atomic E-state index is 0.141. The SMILES string of the molecule is NC1CSC(C(=O)O)COCCNC1=O. The van der Waals surface area contributed by atoms with Crippen molar-refractivity contribution >= 4 is 23.6 Å². The molecule has 0 saturated carbocycles. The Balaban J connectivity index is 2.52. The van der Waals surface area contributed by atoms with Gasteiger partial charge in [-0.3, -0.25) is 9.59 Å². The lowest BCUT2D eigenvalue weighted by molar-refractivity contribution is -0.137. The summed E-state index contributed by atoms with van der Waals surface area (Å²) in [5.41, 5.74) is 5.56. The number of hydrogen-bond acceptors (Lipinski definition) is 5. The number of carboxylic acid groups (broad SMARTS) is 1. The molecule has 6 nitrogen and oxygen atoms in total. The molecule has 2 atom stereocenters. The molecule has 15 heavy (non-hydrogen) atoms. The molecule has 1 fully saturated rings. The zero-order chi connectivity index (χ0) is 11.3. The van der Waals surface area contributed by atoms with Crippen molar-refractivity contribution in [2.45, 2.75) is 11.3 Å². The number of rotatable bonds is 1. The second kappa shape index (κ2) is 5.94. The molecule has 0 aromatic heterocycles. The average Bonchev–Trinajstić information content (AvgIpc) is 2.20. The third kappa shape index (κ3) is 4.06. The lowest BCUT2D eigenvalue weighted by atomic mass is 10.3. The van der Waals surface area contributed by atoms with Gasteiger partial charge in [-0.15, -0.1) is 11.8 Å². The van der Waals surface area contributed by atoms with Crippen LogP contribution in [0.15, 0.2) is 0 Å². The van der Waals surface area contributed by atoms with E-state index in [0.29, 0.717) is 13.2 Å². The second-order valence-electron chi connectivity index (χ2n) is 3.13. The number of carboxylic acids is 1. The molecule has 0 radical (unpaired) electrons. The first-order valence-corrected chi connectivity index (χ1v) is 5.61. The van der Waals surface area contributed by atoms with E-state index in [1.807, 2.05) is 0 Å². The van der Waals surface area contributed by atoms with Gasteiger partial charge in [0.2, 0.25) is 5.91 Å². The van der Waals surface area contributed by atoms with Crippen molar-refractivity contribution < 1.29 is 19.4 Å². The molecule has 0 aromatic rings. The molecular formula is C8H14N2O4S. The maximum absolute atomic E-state index is 11.3. The van der Waals surface area contributed by atoms with E-state index < -0.39 is 17.3 Å². The maximum atomic E-state index is 11.3. The average molecular weight is 234 g/mol. The molecule has 1 aliphatic heterocycles. The van der Waals surface area contributed by atoms with Gasteiger partial charge in [-0.2, -0.15) is 0 Å². The van der Waals surface area contributed by atoms with Gasteiger partial charge in [-0.25, -0.2) is 0 Å². The smallest absolute Gasteiger partial charge is 0.319 e. The minimum atomic E-state index is -0.937. The molecule has 0 bridgehead atoms. The van der Waals surface area contributed by atoms with Crippen LogP contribution in [0.1, 0.15) is 0 Å². The molecule has 1 heterocycles. The molecular weight excluding hydrogens is 220 g/mol. The second-order valence-corrected chi connectivity index (χ2v) is 4.37. The number of nitrogens with one attached hydrogen (secondary N) is 1. The summed E-state index contributed by atoms with van der Waals surface area (Å²) in [6, 6.07) is -0.657. The van der Waals surface area contributed by atoms with Crippen LogP contribution in [0, 0.1) is 0 Å². The summed E-state index contributed by atoms with van der Waals surface area (Å²) in [5, 5.41) is 10.8. The van der Waals surface area contributed by atoms with Gasteiger partial charge in [0, 0.05) is 12.3 Å². The Morgan fingerprint density at radius 1 is 1.67 bits per heavy atom. The van der Waals surface area contributed by atoms with Crippen LogP contribution in [-0.2, 0) is 14.3 Å². The normalized spacial score (nSPS) is 29.3. The van der Waals surface area contributed by atoms with Crippen LogP contribution in [0.2, 0.25) is 0 Å². The number of amides is 1. The predicted molar refractivity (Wildman–Crippen MR) is 55.7 cm³/mol. The lowest BCUT2D eigenvalue weighted by Gasteiger charge is -2.18. The van der Waals surface area contributed by atoms with Crippen LogP contribution in [0.4, 0.5) is 0 Å². The molecule has 1 aliphatic rings. The van der Waals surface area contributed by atoms with E-state index in [9.17, 15) is 9.59 Å². The molecule has 0 spiro atoms. The van der Waals surface area contributed by atoms with Gasteiger partial charge in [0.25, 0.3) is 0 Å². The summed E-state index contributed by atoms with van der Waals surface area (Å²) >= 11 is 1.13. The van der Waals surface area contributed by atoms with E-state index in [-0.39, 0.29) is 18.3 Å². The number of nitrogens with two attached hydrogens (primary N) is 1. The third-order valence-corrected chi connectivity index (χ3v) is 3.20. The summed E-state index contributed by atoms with van der Waals surface area (Å²) < 4.78 is 5.11. The number of ether oxygens (including phenoxy) is 1. The van der Waals surface area contributed by atoms with Crippen molar-refractivity contribution in [2.75, 3.05) is 25.5 Å². The van der Waals surface area contributed by atoms with Crippen molar-refractivity contribution in [1.82, 2.24) is 5.32 Å². The summed E-state index contributed by atoms with van der Waals surface area (Å²) in [5.74, 6) is -0.920. The first kappa shape index (κ1) is 12.3. The van der Waals surface area contributed by atoms with E-state index in [4.69, 9.17) is 15.6 Å². The zero-order valence-corrected chi connectivity index (χ0v) is 8.96. The van der Waals surface area contributed by atoms with E-state index in [0.717, 1.165) is 11.8 Å². The van der Waals surface area contributed by atoms with Crippen LogP contribution in [-0.4, -0.2) is 53.8 Å². The van der Waals surface area contributed by atoms with Gasteiger partial charge < -0.3 is 20.9 Å². The standard InChI is InChI=1S/C8H14N2O4S/c9-5-4-15-6(8(12)13)3-14-2-1-10-7(5)11/h5-6H,1-4,9H2,(H,10,11)(H,12,13). The predicted octanol–water partition coefficient (Wildman–Crippen LogP) is -1.35. The summed E-state index contributed by atoms with van der Waals surface area (Å²) in [6.07, 6.45) is 0.